The van der Waals surface area contributed by atoms with Crippen molar-refractivity contribution in [1.82, 2.24) is 9.97 Å². The van der Waals surface area contributed by atoms with Gasteiger partial charge in [0.05, 0.1) is 11.6 Å². The van der Waals surface area contributed by atoms with E-state index in [9.17, 15) is 14.7 Å². The average Bonchev–Trinajstić information content (AvgIpc) is 2.79. The predicted molar refractivity (Wildman–Crippen MR) is 119 cm³/mol. The molecule has 31 heavy (non-hydrogen) atoms. The number of nitrogens with zero attached hydrogens (tertiary/aromatic N) is 3. The van der Waals surface area contributed by atoms with Crippen LogP contribution >= 0.6 is 0 Å². The van der Waals surface area contributed by atoms with E-state index in [2.05, 4.69) is 11.1 Å². The summed E-state index contributed by atoms with van der Waals surface area (Å²) >= 11 is 0. The van der Waals surface area contributed by atoms with Gasteiger partial charge >= 0.3 is 5.97 Å². The van der Waals surface area contributed by atoms with Crippen molar-refractivity contribution >= 4 is 17.7 Å². The van der Waals surface area contributed by atoms with Crippen LogP contribution in [0.25, 0.3) is 11.3 Å². The van der Waals surface area contributed by atoms with Gasteiger partial charge in [0.1, 0.15) is 5.82 Å². The predicted octanol–water partition coefficient (Wildman–Crippen LogP) is 3.67. The Morgan fingerprint density at radius 1 is 1.06 bits per heavy atom. The van der Waals surface area contributed by atoms with Gasteiger partial charge in [-0.05, 0) is 49.4 Å². The lowest BCUT2D eigenvalue weighted by atomic mass is 9.86. The molecule has 2 aromatic heterocycles. The van der Waals surface area contributed by atoms with E-state index in [0.29, 0.717) is 48.9 Å². The minimum atomic E-state index is -0.749. The number of piperidine rings is 1. The molecule has 1 saturated carbocycles. The van der Waals surface area contributed by atoms with E-state index < -0.39 is 11.9 Å². The highest BCUT2D eigenvalue weighted by Gasteiger charge is 2.26. The van der Waals surface area contributed by atoms with Crippen LogP contribution in [0.15, 0.2) is 30.5 Å². The van der Waals surface area contributed by atoms with Crippen LogP contribution in [0.5, 0.6) is 0 Å². The molecule has 164 valence electrons. The number of hydrogen-bond acceptors (Lipinski definition) is 5. The van der Waals surface area contributed by atoms with Gasteiger partial charge < -0.3 is 15.7 Å². The van der Waals surface area contributed by atoms with Crippen LogP contribution in [0.2, 0.25) is 0 Å². The highest BCUT2D eigenvalue weighted by Crippen LogP contribution is 2.29. The fourth-order valence-electron chi connectivity index (χ4n) is 4.76. The molecule has 2 aromatic rings. The molecule has 2 fully saturated rings. The zero-order chi connectivity index (χ0) is 21.8. The lowest BCUT2D eigenvalue weighted by Gasteiger charge is -2.31. The van der Waals surface area contributed by atoms with Crippen LogP contribution in [0.4, 0.5) is 5.82 Å². The number of anilines is 1. The number of aromatic nitrogens is 2. The topological polar surface area (TPSA) is 109 Å². The number of carbonyl (C=O) groups excluding carboxylic acids is 1. The fraction of sp³-hybridized carbons (Fsp3) is 0.500. The van der Waals surface area contributed by atoms with Gasteiger partial charge in [0.2, 0.25) is 5.91 Å². The summed E-state index contributed by atoms with van der Waals surface area (Å²) in [6.07, 6.45) is 10.4. The van der Waals surface area contributed by atoms with Crippen molar-refractivity contribution in [2.75, 3.05) is 18.0 Å². The molecule has 0 atom stereocenters. The summed E-state index contributed by atoms with van der Waals surface area (Å²) in [4.78, 5) is 34.6. The molecular formula is C24H30N4O3. The first-order chi connectivity index (χ1) is 15.0. The number of aliphatic carboxylic acids is 1. The molecule has 0 aromatic carbocycles. The van der Waals surface area contributed by atoms with E-state index in [-0.39, 0.29) is 5.92 Å². The molecule has 1 amide bonds. The van der Waals surface area contributed by atoms with Crippen LogP contribution in [0.3, 0.4) is 0 Å². The average molecular weight is 423 g/mol. The molecule has 0 bridgehead atoms. The molecule has 1 aliphatic heterocycles. The summed E-state index contributed by atoms with van der Waals surface area (Å²) in [6.45, 7) is 1.18. The van der Waals surface area contributed by atoms with E-state index in [1.165, 1.54) is 32.1 Å². The third kappa shape index (κ3) is 5.21. The molecule has 0 spiro atoms. The Kier molecular flexibility index (Phi) is 6.49. The molecule has 1 saturated heterocycles. The Labute approximate surface area is 182 Å². The largest absolute Gasteiger partial charge is 0.481 e. The Balaban J connectivity index is 1.58. The molecule has 2 aliphatic rings. The first-order valence-electron chi connectivity index (χ1n) is 11.2. The van der Waals surface area contributed by atoms with Crippen LogP contribution < -0.4 is 10.6 Å². The van der Waals surface area contributed by atoms with Gasteiger partial charge in [-0.25, -0.2) is 4.98 Å². The van der Waals surface area contributed by atoms with E-state index in [4.69, 9.17) is 10.7 Å². The van der Waals surface area contributed by atoms with Gasteiger partial charge in [-0.2, -0.15) is 0 Å². The summed E-state index contributed by atoms with van der Waals surface area (Å²) in [7, 11) is 0. The zero-order valence-corrected chi connectivity index (χ0v) is 17.8. The number of primary amides is 1. The molecule has 1 aliphatic carbocycles. The molecule has 0 radical (unpaired) electrons. The maximum Gasteiger partial charge on any atom is 0.306 e. The summed E-state index contributed by atoms with van der Waals surface area (Å²) in [6, 6.07) is 7.42. The Bertz CT molecular complexity index is 948. The summed E-state index contributed by atoms with van der Waals surface area (Å²) in [5.41, 5.74) is 8.68. The van der Waals surface area contributed by atoms with Gasteiger partial charge in [0.25, 0.3) is 0 Å². The molecular weight excluding hydrogens is 392 g/mol. The second-order valence-electron chi connectivity index (χ2n) is 8.81. The molecule has 7 heteroatoms. The Morgan fingerprint density at radius 3 is 2.48 bits per heavy atom. The van der Waals surface area contributed by atoms with Gasteiger partial charge in [-0.15, -0.1) is 0 Å². The van der Waals surface area contributed by atoms with Crippen LogP contribution in [0.1, 0.15) is 61.0 Å². The monoisotopic (exact) mass is 422 g/mol. The van der Waals surface area contributed by atoms with Crippen molar-refractivity contribution in [1.29, 1.82) is 0 Å². The summed E-state index contributed by atoms with van der Waals surface area (Å²) in [5.74, 6) is -0.214. The molecule has 7 nitrogen and oxygen atoms in total. The molecule has 0 unspecified atom stereocenters. The highest BCUT2D eigenvalue weighted by atomic mass is 16.4. The molecule has 3 N–H and O–H groups in total. The number of amides is 1. The van der Waals surface area contributed by atoms with Gasteiger partial charge in [-0.3, -0.25) is 14.6 Å². The van der Waals surface area contributed by atoms with Gasteiger partial charge in [0, 0.05) is 36.1 Å². The van der Waals surface area contributed by atoms with Crippen molar-refractivity contribution in [2.24, 2.45) is 17.6 Å². The maximum atomic E-state index is 12.0. The maximum absolute atomic E-state index is 12.0. The lowest BCUT2D eigenvalue weighted by molar-refractivity contribution is -0.142. The zero-order valence-electron chi connectivity index (χ0n) is 17.8. The number of pyridine rings is 2. The number of carboxylic acids is 1. The summed E-state index contributed by atoms with van der Waals surface area (Å²) < 4.78 is 0. The number of hydrogen-bond donors (Lipinski definition) is 2. The van der Waals surface area contributed by atoms with Gasteiger partial charge in [-0.1, -0.05) is 32.1 Å². The number of rotatable bonds is 6. The van der Waals surface area contributed by atoms with Crippen LogP contribution in [-0.2, 0) is 11.2 Å². The summed E-state index contributed by atoms with van der Waals surface area (Å²) in [5, 5.41) is 9.25. The SMILES string of the molecule is NC(=O)c1cc(-c2ccnc(CC3CCCCC3)c2)nc(N2CCC(C(=O)O)CC2)c1. The smallest absolute Gasteiger partial charge is 0.306 e. The lowest BCUT2D eigenvalue weighted by Crippen LogP contribution is -2.37. The fourth-order valence-corrected chi connectivity index (χ4v) is 4.76. The van der Waals surface area contributed by atoms with E-state index >= 15 is 0 Å². The van der Waals surface area contributed by atoms with Crippen molar-refractivity contribution < 1.29 is 14.7 Å². The normalized spacial score (nSPS) is 18.1. The second-order valence-corrected chi connectivity index (χ2v) is 8.81. The van der Waals surface area contributed by atoms with E-state index in [0.717, 1.165) is 17.7 Å². The molecule has 3 heterocycles. The van der Waals surface area contributed by atoms with Crippen molar-refractivity contribution in [3.63, 3.8) is 0 Å². The number of carbonyl (C=O) groups is 2. The first-order valence-corrected chi connectivity index (χ1v) is 11.2. The van der Waals surface area contributed by atoms with E-state index in [1.807, 2.05) is 17.2 Å². The van der Waals surface area contributed by atoms with Crippen LogP contribution in [-0.4, -0.2) is 40.0 Å². The highest BCUT2D eigenvalue weighted by molar-refractivity contribution is 5.94. The Hall–Kier alpha value is -2.96. The van der Waals surface area contributed by atoms with Crippen LogP contribution in [0, 0.1) is 11.8 Å². The van der Waals surface area contributed by atoms with Crippen molar-refractivity contribution in [3.8, 4) is 11.3 Å². The van der Waals surface area contributed by atoms with E-state index in [1.54, 1.807) is 12.1 Å². The minimum Gasteiger partial charge on any atom is -0.481 e. The third-order valence-corrected chi connectivity index (χ3v) is 6.60. The molecule has 4 rings (SSSR count). The first kappa shape index (κ1) is 21.3. The van der Waals surface area contributed by atoms with Gasteiger partial charge in [0.15, 0.2) is 0 Å². The number of nitrogens with two attached hydrogens (primary N) is 1. The van der Waals surface area contributed by atoms with Crippen molar-refractivity contribution in [2.45, 2.75) is 51.4 Å². The standard InChI is InChI=1S/C24H30N4O3/c25-23(29)19-14-21(27-22(15-19)28-10-7-17(8-11-28)24(30)31)18-6-9-26-20(13-18)12-16-4-2-1-3-5-16/h6,9,13-17H,1-5,7-8,10-12H2,(H2,25,29)(H,30,31). The third-order valence-electron chi connectivity index (χ3n) is 6.60. The number of carboxylic acid groups (broad SMARTS) is 1. The minimum absolute atomic E-state index is 0.322. The second kappa shape index (κ2) is 9.45. The Morgan fingerprint density at radius 2 is 1.81 bits per heavy atom. The quantitative estimate of drug-likeness (QED) is 0.735. The van der Waals surface area contributed by atoms with Crippen molar-refractivity contribution in [3.05, 3.63) is 41.7 Å².